The zero-order valence-corrected chi connectivity index (χ0v) is 15.6. The molecule has 1 aliphatic heterocycles. The molecule has 0 fully saturated rings. The lowest BCUT2D eigenvalue weighted by Crippen LogP contribution is -2.35. The maximum atomic E-state index is 12.7. The Labute approximate surface area is 158 Å². The van der Waals surface area contributed by atoms with Crippen LogP contribution < -0.4 is 5.56 Å². The predicted octanol–water partition coefficient (Wildman–Crippen LogP) is 3.32. The van der Waals surface area contributed by atoms with Gasteiger partial charge >= 0.3 is 0 Å². The Balaban J connectivity index is 1.58. The molecule has 1 aliphatic rings. The van der Waals surface area contributed by atoms with E-state index in [9.17, 15) is 9.90 Å². The van der Waals surface area contributed by atoms with Gasteiger partial charge < -0.3 is 10.1 Å². The van der Waals surface area contributed by atoms with Crippen molar-refractivity contribution in [1.82, 2.24) is 14.9 Å². The average Bonchev–Trinajstić information content (AvgIpc) is 2.67. The van der Waals surface area contributed by atoms with Crippen molar-refractivity contribution in [2.75, 3.05) is 6.54 Å². The third-order valence-corrected chi connectivity index (χ3v) is 5.15. The average molecular weight is 361 g/mol. The van der Waals surface area contributed by atoms with Crippen LogP contribution in [0.15, 0.2) is 47.3 Å². The number of hydrogen-bond acceptors (Lipinski definition) is 4. The summed E-state index contributed by atoms with van der Waals surface area (Å²) < 4.78 is 0. The number of nitrogens with zero attached hydrogens (tertiary/aromatic N) is 2. The van der Waals surface area contributed by atoms with Crippen LogP contribution in [0.2, 0.25) is 0 Å². The highest BCUT2D eigenvalue weighted by atomic mass is 16.3. The number of benzene rings is 2. The van der Waals surface area contributed by atoms with Gasteiger partial charge in [-0.05, 0) is 30.5 Å². The summed E-state index contributed by atoms with van der Waals surface area (Å²) in [4.78, 5) is 22.6. The Hall–Kier alpha value is -2.92. The molecule has 138 valence electrons. The highest BCUT2D eigenvalue weighted by Crippen LogP contribution is 2.25. The van der Waals surface area contributed by atoms with Crippen molar-refractivity contribution in [3.63, 3.8) is 0 Å². The molecule has 5 heteroatoms. The van der Waals surface area contributed by atoms with Crippen LogP contribution in [0.4, 0.5) is 0 Å². The molecule has 2 N–H and O–H groups in total. The van der Waals surface area contributed by atoms with E-state index in [0.29, 0.717) is 18.1 Å². The second-order valence-electron chi connectivity index (χ2n) is 7.24. The largest absolute Gasteiger partial charge is 0.507 e. The molecule has 0 radical (unpaired) electrons. The van der Waals surface area contributed by atoms with Gasteiger partial charge in [0, 0.05) is 31.6 Å². The van der Waals surface area contributed by atoms with E-state index < -0.39 is 0 Å². The van der Waals surface area contributed by atoms with Gasteiger partial charge in [0.1, 0.15) is 11.6 Å². The number of H-pyrrole nitrogens is 1. The van der Waals surface area contributed by atoms with Gasteiger partial charge in [-0.3, -0.25) is 9.69 Å². The van der Waals surface area contributed by atoms with Crippen molar-refractivity contribution in [2.45, 2.75) is 33.4 Å². The zero-order chi connectivity index (χ0) is 19.0. The zero-order valence-electron chi connectivity index (χ0n) is 15.6. The summed E-state index contributed by atoms with van der Waals surface area (Å²) in [6.45, 7) is 6.03. The van der Waals surface area contributed by atoms with E-state index in [-0.39, 0.29) is 5.56 Å². The van der Waals surface area contributed by atoms with E-state index >= 15 is 0 Å². The molecule has 0 saturated carbocycles. The first-order valence-corrected chi connectivity index (χ1v) is 9.20. The number of phenols is 1. The first-order chi connectivity index (χ1) is 13.0. The monoisotopic (exact) mass is 361 g/mol. The fourth-order valence-corrected chi connectivity index (χ4v) is 3.74. The number of fused-ring (bicyclic) bond motifs is 1. The molecule has 0 spiro atoms. The molecule has 0 unspecified atom stereocenters. The molecular formula is C22H23N3O2. The van der Waals surface area contributed by atoms with Crippen molar-refractivity contribution < 1.29 is 5.11 Å². The standard InChI is InChI=1S/C22H23N3O2/c1-14-10-16(11-15(2)20(14)26)12-25-9-8-19-18(13-25)22(27)24-21(23-19)17-6-4-3-5-7-17/h3-7,10-11,26H,8-9,12-13H2,1-2H3,(H,23,24,27). The molecule has 3 aromatic rings. The quantitative estimate of drug-likeness (QED) is 0.751. The minimum Gasteiger partial charge on any atom is -0.507 e. The van der Waals surface area contributed by atoms with Gasteiger partial charge in [0.2, 0.25) is 0 Å². The van der Waals surface area contributed by atoms with Gasteiger partial charge in [-0.15, -0.1) is 0 Å². The van der Waals surface area contributed by atoms with Gasteiger partial charge in [-0.25, -0.2) is 4.98 Å². The topological polar surface area (TPSA) is 69.2 Å². The number of aromatic amines is 1. The van der Waals surface area contributed by atoms with Crippen LogP contribution in [0.5, 0.6) is 5.75 Å². The number of hydrogen-bond donors (Lipinski definition) is 2. The Morgan fingerprint density at radius 1 is 1.15 bits per heavy atom. The summed E-state index contributed by atoms with van der Waals surface area (Å²) in [5.74, 6) is 0.995. The first-order valence-electron chi connectivity index (χ1n) is 9.20. The summed E-state index contributed by atoms with van der Waals surface area (Å²) in [5.41, 5.74) is 5.44. The smallest absolute Gasteiger partial charge is 0.255 e. The fraction of sp³-hybridized carbons (Fsp3) is 0.273. The van der Waals surface area contributed by atoms with Crippen LogP contribution in [0, 0.1) is 13.8 Å². The Kier molecular flexibility index (Phi) is 4.54. The van der Waals surface area contributed by atoms with Crippen molar-refractivity contribution in [1.29, 1.82) is 0 Å². The number of aromatic nitrogens is 2. The molecule has 0 atom stereocenters. The van der Waals surface area contributed by atoms with Gasteiger partial charge in [0.25, 0.3) is 5.56 Å². The molecule has 2 heterocycles. The van der Waals surface area contributed by atoms with Crippen molar-refractivity contribution in [3.05, 3.63) is 80.8 Å². The summed E-state index contributed by atoms with van der Waals surface area (Å²) in [6, 6.07) is 13.8. The maximum Gasteiger partial charge on any atom is 0.255 e. The molecule has 4 rings (SSSR count). The molecule has 2 aromatic carbocycles. The fourth-order valence-electron chi connectivity index (χ4n) is 3.74. The second kappa shape index (κ2) is 7.00. The maximum absolute atomic E-state index is 12.7. The molecular weight excluding hydrogens is 338 g/mol. The summed E-state index contributed by atoms with van der Waals surface area (Å²) in [5, 5.41) is 9.96. The number of aromatic hydroxyl groups is 1. The molecule has 0 saturated heterocycles. The van der Waals surface area contributed by atoms with E-state index in [0.717, 1.165) is 53.0 Å². The van der Waals surface area contributed by atoms with E-state index in [2.05, 4.69) is 9.88 Å². The van der Waals surface area contributed by atoms with Gasteiger partial charge in [-0.2, -0.15) is 0 Å². The summed E-state index contributed by atoms with van der Waals surface area (Å²) in [7, 11) is 0. The van der Waals surface area contributed by atoms with Gasteiger partial charge in [-0.1, -0.05) is 42.5 Å². The Morgan fingerprint density at radius 3 is 2.56 bits per heavy atom. The predicted molar refractivity (Wildman–Crippen MR) is 106 cm³/mol. The molecule has 5 nitrogen and oxygen atoms in total. The van der Waals surface area contributed by atoms with E-state index in [1.165, 1.54) is 0 Å². The second-order valence-corrected chi connectivity index (χ2v) is 7.24. The summed E-state index contributed by atoms with van der Waals surface area (Å²) in [6.07, 6.45) is 0.759. The van der Waals surface area contributed by atoms with Crippen LogP contribution in [0.3, 0.4) is 0 Å². The van der Waals surface area contributed by atoms with Crippen molar-refractivity contribution in [3.8, 4) is 17.1 Å². The van der Waals surface area contributed by atoms with Gasteiger partial charge in [0.05, 0.1) is 11.3 Å². The lowest BCUT2D eigenvalue weighted by molar-refractivity contribution is 0.241. The van der Waals surface area contributed by atoms with Crippen LogP contribution in [-0.4, -0.2) is 26.5 Å². The lowest BCUT2D eigenvalue weighted by Gasteiger charge is -2.28. The molecule has 0 aliphatic carbocycles. The van der Waals surface area contributed by atoms with E-state index in [1.54, 1.807) is 0 Å². The molecule has 0 amide bonds. The number of nitrogens with one attached hydrogen (secondary N) is 1. The minimum absolute atomic E-state index is 0.0541. The molecule has 0 bridgehead atoms. The highest BCUT2D eigenvalue weighted by Gasteiger charge is 2.22. The van der Waals surface area contributed by atoms with E-state index in [4.69, 9.17) is 4.98 Å². The highest BCUT2D eigenvalue weighted by molar-refractivity contribution is 5.54. The third-order valence-electron chi connectivity index (χ3n) is 5.15. The lowest BCUT2D eigenvalue weighted by atomic mass is 10.0. The van der Waals surface area contributed by atoms with Crippen LogP contribution in [0.1, 0.15) is 27.9 Å². The normalized spacial score (nSPS) is 14.1. The van der Waals surface area contributed by atoms with E-state index in [1.807, 2.05) is 56.3 Å². The number of phenolic OH excluding ortho intramolecular Hbond substituents is 1. The Morgan fingerprint density at radius 2 is 1.85 bits per heavy atom. The van der Waals surface area contributed by atoms with Crippen molar-refractivity contribution >= 4 is 0 Å². The van der Waals surface area contributed by atoms with Crippen molar-refractivity contribution in [2.24, 2.45) is 0 Å². The van der Waals surface area contributed by atoms with Crippen LogP contribution >= 0.6 is 0 Å². The molecule has 1 aromatic heterocycles. The minimum atomic E-state index is -0.0541. The molecule has 27 heavy (non-hydrogen) atoms. The SMILES string of the molecule is Cc1cc(CN2CCc3nc(-c4ccccc4)[nH]c(=O)c3C2)cc(C)c1O. The number of aryl methyl sites for hydroxylation is 2. The Bertz CT molecular complexity index is 1020. The summed E-state index contributed by atoms with van der Waals surface area (Å²) >= 11 is 0. The number of rotatable bonds is 3. The van der Waals surface area contributed by atoms with Crippen LogP contribution in [-0.2, 0) is 19.5 Å². The third kappa shape index (κ3) is 3.51. The van der Waals surface area contributed by atoms with Gasteiger partial charge in [0.15, 0.2) is 0 Å². The van der Waals surface area contributed by atoms with Crippen LogP contribution in [0.25, 0.3) is 11.4 Å². The first kappa shape index (κ1) is 17.5.